The lowest BCUT2D eigenvalue weighted by Gasteiger charge is -2.23. The molecule has 0 spiro atoms. The van der Waals surface area contributed by atoms with Crippen molar-refractivity contribution >= 4 is 48.9 Å². The Balaban J connectivity index is 2.04. The predicted octanol–water partition coefficient (Wildman–Crippen LogP) is 7.29. The van der Waals surface area contributed by atoms with E-state index in [1.54, 1.807) is 0 Å². The van der Waals surface area contributed by atoms with E-state index in [1.165, 1.54) is 54.4 Å². The van der Waals surface area contributed by atoms with Crippen LogP contribution in [0.3, 0.4) is 0 Å². The van der Waals surface area contributed by atoms with Crippen LogP contribution in [0.1, 0.15) is 26.3 Å². The van der Waals surface area contributed by atoms with Crippen molar-refractivity contribution in [1.82, 2.24) is 4.40 Å². The summed E-state index contributed by atoms with van der Waals surface area (Å²) in [6.45, 7) is 7.00. The van der Waals surface area contributed by atoms with Crippen molar-refractivity contribution in [3.63, 3.8) is 0 Å². The maximum atomic E-state index is 2.48. The van der Waals surface area contributed by atoms with Crippen LogP contribution in [-0.2, 0) is 5.41 Å². The number of hydrogen-bond donors (Lipinski definition) is 0. The quantitative estimate of drug-likeness (QED) is 0.272. The Morgan fingerprint density at radius 2 is 1.30 bits per heavy atom. The van der Waals surface area contributed by atoms with Gasteiger partial charge in [-0.25, -0.2) is 0 Å². The van der Waals surface area contributed by atoms with E-state index in [2.05, 4.69) is 98.0 Å². The van der Waals surface area contributed by atoms with E-state index in [0.717, 1.165) is 0 Å². The van der Waals surface area contributed by atoms with E-state index in [0.29, 0.717) is 0 Å². The lowest BCUT2D eigenvalue weighted by molar-refractivity contribution is 0.601. The molecule has 0 unspecified atom stereocenters. The molecule has 2 heterocycles. The van der Waals surface area contributed by atoms with Crippen molar-refractivity contribution in [2.24, 2.45) is 0 Å². The van der Waals surface area contributed by atoms with Gasteiger partial charge in [-0.3, -0.25) is 0 Å². The van der Waals surface area contributed by atoms with E-state index in [-0.39, 0.29) is 5.41 Å². The molecule has 0 fully saturated rings. The topological polar surface area (TPSA) is 4.41 Å². The Bertz CT molecular complexity index is 1490. The molecule has 1 nitrogen and oxygen atoms in total. The second-order valence-corrected chi connectivity index (χ2v) is 8.67. The van der Waals surface area contributed by atoms with Crippen LogP contribution in [0.15, 0.2) is 72.8 Å². The summed E-state index contributed by atoms with van der Waals surface area (Å²) in [6, 6.07) is 26.8. The molecule has 1 heteroatoms. The van der Waals surface area contributed by atoms with Crippen molar-refractivity contribution in [2.75, 3.05) is 0 Å². The van der Waals surface area contributed by atoms with Gasteiger partial charge < -0.3 is 4.40 Å². The molecule has 0 radical (unpaired) electrons. The number of benzene rings is 4. The molecule has 6 rings (SSSR count). The van der Waals surface area contributed by atoms with Crippen LogP contribution in [0, 0.1) is 0 Å². The Kier molecular flexibility index (Phi) is 2.68. The molecule has 0 saturated heterocycles. The third-order valence-corrected chi connectivity index (χ3v) is 5.98. The molecule has 130 valence electrons. The molecule has 4 aromatic carbocycles. The van der Waals surface area contributed by atoms with Gasteiger partial charge in [0.25, 0.3) is 0 Å². The van der Waals surface area contributed by atoms with Crippen molar-refractivity contribution in [3.05, 3.63) is 78.4 Å². The van der Waals surface area contributed by atoms with Crippen LogP contribution >= 0.6 is 0 Å². The molecule has 0 amide bonds. The fourth-order valence-electron chi connectivity index (χ4n) is 5.03. The summed E-state index contributed by atoms with van der Waals surface area (Å²) in [5.74, 6) is 0. The summed E-state index contributed by atoms with van der Waals surface area (Å²) < 4.78 is 2.48. The highest BCUT2D eigenvalue weighted by Crippen LogP contribution is 2.45. The van der Waals surface area contributed by atoms with Crippen LogP contribution in [0.5, 0.6) is 0 Å². The van der Waals surface area contributed by atoms with Crippen LogP contribution in [0.4, 0.5) is 0 Å². The fourth-order valence-corrected chi connectivity index (χ4v) is 5.03. The van der Waals surface area contributed by atoms with Crippen LogP contribution in [0.2, 0.25) is 0 Å². The standard InChI is InChI=1S/C26H21N/c1-26(2,3)24-17-10-5-4-9-16(17)15-22-23(24)20-13-8-12-19-18-11-6-7-14-21(18)27(22)25(19)20/h4-15H,1-3H3. The first-order valence-corrected chi connectivity index (χ1v) is 9.65. The highest BCUT2D eigenvalue weighted by atomic mass is 14.9. The monoisotopic (exact) mass is 347 g/mol. The third-order valence-electron chi connectivity index (χ3n) is 5.98. The van der Waals surface area contributed by atoms with Gasteiger partial charge in [-0.05, 0) is 33.9 Å². The van der Waals surface area contributed by atoms with Gasteiger partial charge in [-0.15, -0.1) is 0 Å². The van der Waals surface area contributed by atoms with Crippen molar-refractivity contribution < 1.29 is 0 Å². The molecular weight excluding hydrogens is 326 g/mol. The summed E-state index contributed by atoms with van der Waals surface area (Å²) in [5, 5.41) is 8.16. The van der Waals surface area contributed by atoms with Gasteiger partial charge in [-0.2, -0.15) is 0 Å². The Morgan fingerprint density at radius 3 is 2.11 bits per heavy atom. The zero-order valence-electron chi connectivity index (χ0n) is 15.9. The first-order valence-electron chi connectivity index (χ1n) is 9.65. The average molecular weight is 347 g/mol. The average Bonchev–Trinajstić information content (AvgIpc) is 3.17. The van der Waals surface area contributed by atoms with E-state index >= 15 is 0 Å². The minimum Gasteiger partial charge on any atom is -0.308 e. The SMILES string of the molecule is CC(C)(C)c1c2ccccc2cc2c1c1cccc3c4ccccc4n2c31. The largest absolute Gasteiger partial charge is 0.308 e. The minimum atomic E-state index is 0.0624. The van der Waals surface area contributed by atoms with Crippen molar-refractivity contribution in [3.8, 4) is 0 Å². The first-order chi connectivity index (χ1) is 13.1. The van der Waals surface area contributed by atoms with Gasteiger partial charge in [0.05, 0.1) is 16.6 Å². The maximum absolute atomic E-state index is 2.48. The molecule has 27 heavy (non-hydrogen) atoms. The Morgan fingerprint density at radius 1 is 0.630 bits per heavy atom. The molecule has 0 aliphatic heterocycles. The first kappa shape index (κ1) is 15.0. The molecule has 0 atom stereocenters. The number of aromatic nitrogens is 1. The summed E-state index contributed by atoms with van der Waals surface area (Å²) >= 11 is 0. The molecule has 2 aromatic heterocycles. The fraction of sp³-hybridized carbons (Fsp3) is 0.154. The number of rotatable bonds is 0. The molecule has 0 bridgehead atoms. The smallest absolute Gasteiger partial charge is 0.0620 e. The Hall–Kier alpha value is -3.06. The van der Waals surface area contributed by atoms with Gasteiger partial charge in [-0.1, -0.05) is 81.4 Å². The normalized spacial score (nSPS) is 13.0. The predicted molar refractivity (Wildman–Crippen MR) is 117 cm³/mol. The highest BCUT2D eigenvalue weighted by molar-refractivity contribution is 6.25. The summed E-state index contributed by atoms with van der Waals surface area (Å²) in [6.07, 6.45) is 0. The van der Waals surface area contributed by atoms with Gasteiger partial charge in [0.15, 0.2) is 0 Å². The van der Waals surface area contributed by atoms with E-state index < -0.39 is 0 Å². The second kappa shape index (κ2) is 4.80. The van der Waals surface area contributed by atoms with Crippen molar-refractivity contribution in [2.45, 2.75) is 26.2 Å². The van der Waals surface area contributed by atoms with Crippen LogP contribution in [0.25, 0.3) is 48.9 Å². The molecule has 0 saturated carbocycles. The molecule has 0 N–H and O–H groups in total. The lowest BCUT2D eigenvalue weighted by atomic mass is 9.80. The zero-order valence-corrected chi connectivity index (χ0v) is 15.9. The zero-order chi connectivity index (χ0) is 18.3. The minimum absolute atomic E-state index is 0.0624. The molecule has 0 aliphatic rings. The molecule has 6 aromatic rings. The van der Waals surface area contributed by atoms with E-state index in [1.807, 2.05) is 0 Å². The summed E-state index contributed by atoms with van der Waals surface area (Å²) in [5.41, 5.74) is 5.50. The lowest BCUT2D eigenvalue weighted by Crippen LogP contribution is -2.12. The number of para-hydroxylation sites is 2. The summed E-state index contributed by atoms with van der Waals surface area (Å²) in [7, 11) is 0. The highest BCUT2D eigenvalue weighted by Gasteiger charge is 2.25. The third kappa shape index (κ3) is 1.79. The number of nitrogens with zero attached hydrogens (tertiary/aromatic N) is 1. The number of fused-ring (bicyclic) bond motifs is 7. The Labute approximate surface area is 158 Å². The summed E-state index contributed by atoms with van der Waals surface area (Å²) in [4.78, 5) is 0. The maximum Gasteiger partial charge on any atom is 0.0620 e. The van der Waals surface area contributed by atoms with E-state index in [9.17, 15) is 0 Å². The van der Waals surface area contributed by atoms with Crippen LogP contribution in [-0.4, -0.2) is 4.40 Å². The van der Waals surface area contributed by atoms with Crippen LogP contribution < -0.4 is 0 Å². The molecular formula is C26H21N. The van der Waals surface area contributed by atoms with Gasteiger partial charge in [0, 0.05) is 21.5 Å². The van der Waals surface area contributed by atoms with Gasteiger partial charge >= 0.3 is 0 Å². The van der Waals surface area contributed by atoms with Gasteiger partial charge in [0.2, 0.25) is 0 Å². The number of hydrogen-bond acceptors (Lipinski definition) is 0. The van der Waals surface area contributed by atoms with Gasteiger partial charge in [0.1, 0.15) is 0 Å². The van der Waals surface area contributed by atoms with E-state index in [4.69, 9.17) is 0 Å². The molecule has 0 aliphatic carbocycles. The second-order valence-electron chi connectivity index (χ2n) is 8.67. The van der Waals surface area contributed by atoms with Crippen molar-refractivity contribution in [1.29, 1.82) is 0 Å².